The smallest absolute Gasteiger partial charge is 0.274 e. The van der Waals surface area contributed by atoms with Crippen LogP contribution in [0.2, 0.25) is 25.7 Å². The molecule has 0 radical (unpaired) electrons. The summed E-state index contributed by atoms with van der Waals surface area (Å²) in [5.74, 6) is 2.07. The zero-order valence-corrected chi connectivity index (χ0v) is 26.0. The largest absolute Gasteiger partial charge is 0.457 e. The monoisotopic (exact) mass is 569 g/mol. The Hall–Kier alpha value is -4.08. The number of hydrogen-bond donors (Lipinski definition) is 2. The minimum atomic E-state index is -1.26. The number of H-pyrrole nitrogens is 1. The molecule has 0 aliphatic heterocycles. The van der Waals surface area contributed by atoms with Gasteiger partial charge in [-0.25, -0.2) is 4.98 Å². The molecule has 0 spiro atoms. The molecule has 2 aromatic carbocycles. The number of hydrogen-bond acceptors (Lipinski definition) is 5. The van der Waals surface area contributed by atoms with Crippen molar-refractivity contribution in [3.63, 3.8) is 0 Å². The highest BCUT2D eigenvalue weighted by Crippen LogP contribution is 2.36. The first-order chi connectivity index (χ1) is 19.4. The molecule has 5 rings (SSSR count). The van der Waals surface area contributed by atoms with Crippen LogP contribution in [-0.2, 0) is 18.5 Å². The Morgan fingerprint density at radius 2 is 1.80 bits per heavy atom. The number of ether oxygens (including phenoxy) is 2. The van der Waals surface area contributed by atoms with Gasteiger partial charge in [0, 0.05) is 56.8 Å². The number of fused-ring (bicyclic) bond motifs is 1. The zero-order valence-electron chi connectivity index (χ0n) is 25.0. The van der Waals surface area contributed by atoms with Crippen LogP contribution in [0, 0.1) is 20.8 Å². The first kappa shape index (κ1) is 28.4. The maximum absolute atomic E-state index is 13.6. The van der Waals surface area contributed by atoms with Crippen LogP contribution in [0.4, 0.5) is 5.69 Å². The fraction of sp³-hybridized carbons (Fsp3) is 0.312. The van der Waals surface area contributed by atoms with E-state index in [2.05, 4.69) is 35.7 Å². The van der Waals surface area contributed by atoms with Crippen molar-refractivity contribution in [2.24, 2.45) is 7.05 Å². The third-order valence-corrected chi connectivity index (χ3v) is 8.95. The highest BCUT2D eigenvalue weighted by molar-refractivity contribution is 6.76. The summed E-state index contributed by atoms with van der Waals surface area (Å²) in [6.07, 6.45) is 3.76. The lowest BCUT2D eigenvalue weighted by Crippen LogP contribution is -2.23. The van der Waals surface area contributed by atoms with E-state index in [1.807, 2.05) is 74.1 Å². The second kappa shape index (κ2) is 11.1. The van der Waals surface area contributed by atoms with Crippen LogP contribution in [0.5, 0.6) is 11.5 Å². The summed E-state index contributed by atoms with van der Waals surface area (Å²) in [6, 6.07) is 14.9. The molecule has 9 heteroatoms. The Balaban J connectivity index is 1.63. The number of nitrogens with one attached hydrogen (secondary N) is 1. The Kier molecular flexibility index (Phi) is 7.67. The van der Waals surface area contributed by atoms with Gasteiger partial charge in [0.2, 0.25) is 0 Å². The van der Waals surface area contributed by atoms with Gasteiger partial charge in [-0.3, -0.25) is 4.79 Å². The van der Waals surface area contributed by atoms with Crippen LogP contribution in [0.1, 0.15) is 16.8 Å². The normalized spacial score (nSPS) is 11.9. The van der Waals surface area contributed by atoms with E-state index in [1.165, 1.54) is 0 Å². The zero-order chi connectivity index (χ0) is 29.5. The van der Waals surface area contributed by atoms with Crippen molar-refractivity contribution in [3.05, 3.63) is 82.0 Å². The Morgan fingerprint density at radius 1 is 1.02 bits per heavy atom. The molecule has 3 aromatic heterocycles. The van der Waals surface area contributed by atoms with Crippen molar-refractivity contribution in [2.45, 2.75) is 53.2 Å². The van der Waals surface area contributed by atoms with Crippen molar-refractivity contribution in [2.75, 3.05) is 12.3 Å². The van der Waals surface area contributed by atoms with Crippen molar-refractivity contribution in [1.29, 1.82) is 0 Å². The Morgan fingerprint density at radius 3 is 2.49 bits per heavy atom. The molecule has 0 saturated carbocycles. The van der Waals surface area contributed by atoms with E-state index in [0.717, 1.165) is 45.1 Å². The average Bonchev–Trinajstić information content (AvgIpc) is 3.49. The number of aromatic nitrogens is 4. The number of aromatic amines is 1. The predicted octanol–water partition coefficient (Wildman–Crippen LogP) is 7.01. The van der Waals surface area contributed by atoms with E-state index >= 15 is 0 Å². The lowest BCUT2D eigenvalue weighted by atomic mass is 10.0. The summed E-state index contributed by atoms with van der Waals surface area (Å²) in [6.45, 7) is 13.8. The molecular weight excluding hydrogens is 530 g/mol. The van der Waals surface area contributed by atoms with Crippen molar-refractivity contribution in [1.82, 2.24) is 19.1 Å². The molecule has 0 unspecified atom stereocenters. The van der Waals surface area contributed by atoms with E-state index < -0.39 is 8.07 Å². The minimum absolute atomic E-state index is 0.0914. The number of nitrogens with two attached hydrogens (primary N) is 1. The first-order valence-electron chi connectivity index (χ1n) is 13.9. The third-order valence-electron chi connectivity index (χ3n) is 7.25. The molecule has 0 bridgehead atoms. The van der Waals surface area contributed by atoms with Gasteiger partial charge in [0.05, 0.1) is 11.4 Å². The molecular formula is C32H39N5O3Si. The van der Waals surface area contributed by atoms with E-state index in [-0.39, 0.29) is 12.3 Å². The summed E-state index contributed by atoms with van der Waals surface area (Å²) in [5.41, 5.74) is 12.9. The van der Waals surface area contributed by atoms with E-state index in [1.54, 1.807) is 11.6 Å². The van der Waals surface area contributed by atoms with E-state index in [9.17, 15) is 4.79 Å². The Bertz CT molecular complexity index is 1790. The number of benzene rings is 2. The number of rotatable bonds is 9. The van der Waals surface area contributed by atoms with Gasteiger partial charge in [-0.15, -0.1) is 0 Å². The maximum atomic E-state index is 13.6. The third kappa shape index (κ3) is 6.16. The maximum Gasteiger partial charge on any atom is 0.274 e. The minimum Gasteiger partial charge on any atom is -0.457 e. The van der Waals surface area contributed by atoms with Gasteiger partial charge in [-0.05, 0) is 67.8 Å². The van der Waals surface area contributed by atoms with Crippen LogP contribution in [0.15, 0.2) is 59.7 Å². The molecule has 214 valence electrons. The van der Waals surface area contributed by atoms with Gasteiger partial charge in [-0.1, -0.05) is 31.8 Å². The van der Waals surface area contributed by atoms with Gasteiger partial charge in [-0.2, -0.15) is 0 Å². The average molecular weight is 570 g/mol. The van der Waals surface area contributed by atoms with Crippen molar-refractivity contribution < 1.29 is 9.47 Å². The van der Waals surface area contributed by atoms with Gasteiger partial charge < -0.3 is 29.3 Å². The van der Waals surface area contributed by atoms with Crippen LogP contribution in [0.25, 0.3) is 33.5 Å². The molecule has 0 fully saturated rings. The number of nitrogen functional groups attached to an aromatic ring is 1. The topological polar surface area (TPSA) is 100 Å². The molecule has 3 heterocycles. The van der Waals surface area contributed by atoms with Crippen LogP contribution >= 0.6 is 0 Å². The van der Waals surface area contributed by atoms with Gasteiger partial charge in [0.1, 0.15) is 23.7 Å². The molecule has 0 aliphatic carbocycles. The molecule has 0 saturated heterocycles. The van der Waals surface area contributed by atoms with Crippen molar-refractivity contribution in [3.8, 4) is 34.1 Å². The van der Waals surface area contributed by atoms with Crippen molar-refractivity contribution >= 4 is 24.7 Å². The van der Waals surface area contributed by atoms with Crippen LogP contribution in [-0.4, -0.2) is 33.8 Å². The molecule has 3 N–H and O–H groups in total. The van der Waals surface area contributed by atoms with Gasteiger partial charge >= 0.3 is 0 Å². The molecule has 41 heavy (non-hydrogen) atoms. The highest BCUT2D eigenvalue weighted by atomic mass is 28.3. The fourth-order valence-corrected chi connectivity index (χ4v) is 5.65. The summed E-state index contributed by atoms with van der Waals surface area (Å²) in [4.78, 5) is 21.6. The van der Waals surface area contributed by atoms with Crippen LogP contribution in [0.3, 0.4) is 0 Å². The lowest BCUT2D eigenvalue weighted by Gasteiger charge is -2.17. The molecule has 0 amide bonds. The summed E-state index contributed by atoms with van der Waals surface area (Å²) < 4.78 is 16.0. The van der Waals surface area contributed by atoms with Crippen LogP contribution < -0.4 is 16.0 Å². The number of imidazole rings is 1. The summed E-state index contributed by atoms with van der Waals surface area (Å²) in [5, 5.41) is 0.835. The van der Waals surface area contributed by atoms with Gasteiger partial charge in [0.25, 0.3) is 5.56 Å². The Labute approximate surface area is 241 Å². The second-order valence-electron chi connectivity index (χ2n) is 12.1. The number of anilines is 1. The lowest BCUT2D eigenvalue weighted by molar-refractivity contribution is 0.0910. The molecule has 0 atom stereocenters. The first-order valence-corrected chi connectivity index (χ1v) is 17.6. The van der Waals surface area contributed by atoms with E-state index in [4.69, 9.17) is 15.2 Å². The second-order valence-corrected chi connectivity index (χ2v) is 17.7. The standard InChI is InChI=1S/C32H39N5O3Si/c1-20-12-23(14-25(13-20)40-24-9-8-21(2)28(33)15-24)27-18-36(4)32(38)30-26(27)16-29(31-34-17-22(3)35-31)37(30)19-39-10-11-41(5,6)7/h8-9,12-18H,10-11,19,33H2,1-7H3,(H,34,35). The molecule has 5 aromatic rings. The molecule has 0 aliphatic rings. The van der Waals surface area contributed by atoms with Gasteiger partial charge in [0.15, 0.2) is 5.82 Å². The quantitative estimate of drug-likeness (QED) is 0.113. The number of aryl methyl sites for hydroxylation is 4. The number of nitrogens with zero attached hydrogens (tertiary/aromatic N) is 3. The molecule has 8 nitrogen and oxygen atoms in total. The summed E-state index contributed by atoms with van der Waals surface area (Å²) >= 11 is 0. The van der Waals surface area contributed by atoms with E-state index in [0.29, 0.717) is 35.1 Å². The SMILES string of the molecule is Cc1cc(Oc2ccc(C)c(N)c2)cc(-c2cn(C)c(=O)c3c2cc(-c2nc(C)c[nH]2)n3COCC[Si](C)(C)C)c1. The highest BCUT2D eigenvalue weighted by Gasteiger charge is 2.21. The fourth-order valence-electron chi connectivity index (χ4n) is 4.89. The number of pyridine rings is 1. The summed E-state index contributed by atoms with van der Waals surface area (Å²) in [7, 11) is 0.523. The predicted molar refractivity (Wildman–Crippen MR) is 169 cm³/mol.